The van der Waals surface area contributed by atoms with Gasteiger partial charge in [0.05, 0.1) is 0 Å². The second-order valence-corrected chi connectivity index (χ2v) is 1.71. The molecule has 0 aromatic carbocycles. The van der Waals surface area contributed by atoms with Crippen LogP contribution in [0, 0.1) is 40.4 Å². The molecule has 0 atom stereocenters. The van der Waals surface area contributed by atoms with Crippen molar-refractivity contribution in [3.63, 3.8) is 0 Å². The predicted octanol–water partition coefficient (Wildman–Crippen LogP) is -2.27. The first-order valence-electron chi connectivity index (χ1n) is 0.647. The van der Waals surface area contributed by atoms with E-state index >= 15 is 0 Å². The molecule has 0 rings (SSSR count). The van der Waals surface area contributed by atoms with Crippen molar-refractivity contribution in [1.82, 2.24) is 0 Å². The van der Waals surface area contributed by atoms with Crippen LogP contribution in [0.5, 0.6) is 0 Å². The molecule has 0 aliphatic carbocycles. The summed E-state index contributed by atoms with van der Waals surface area (Å²) < 4.78 is 31.8. The summed E-state index contributed by atoms with van der Waals surface area (Å²) in [5.41, 5.74) is 0. The Morgan fingerprint density at radius 2 is 1.14 bits per heavy atom. The summed E-state index contributed by atoms with van der Waals surface area (Å²) in [6, 6.07) is 0. The molecule has 7 heteroatoms. The second-order valence-electron chi connectivity index (χ2n) is 0.415. The van der Waals surface area contributed by atoms with Gasteiger partial charge in [-0.25, -0.2) is 0 Å². The van der Waals surface area contributed by atoms with E-state index in [0.717, 1.165) is 0 Å². The third-order valence-corrected chi connectivity index (χ3v) is 0. The van der Waals surface area contributed by atoms with E-state index < -0.39 is 13.4 Å². The first-order chi connectivity index (χ1) is 2.00. The molecule has 0 fully saturated rings. The summed E-state index contributed by atoms with van der Waals surface area (Å²) in [6.45, 7) is 0. The molecule has 43 valence electrons. The van der Waals surface area contributed by atoms with Crippen LogP contribution in [-0.2, 0) is 21.0 Å². The first kappa shape index (κ1) is 16.4. The molecule has 0 saturated carbocycles. The molecular formula is H4MnO4SmSr. The molecule has 0 heterocycles. The molecule has 7 heavy (non-hydrogen) atoms. The van der Waals surface area contributed by atoms with Crippen LogP contribution >= 0.6 is 0 Å². The van der Waals surface area contributed by atoms with Crippen molar-refractivity contribution in [1.29, 1.82) is 0 Å². The van der Waals surface area contributed by atoms with Gasteiger partial charge in [0, 0.05) is 40.4 Å². The van der Waals surface area contributed by atoms with Crippen molar-refractivity contribution in [3.05, 3.63) is 0 Å². The zero-order valence-electron chi connectivity index (χ0n) is 2.50. The van der Waals surface area contributed by atoms with Crippen LogP contribution in [0.1, 0.15) is 0 Å². The SMILES string of the molecule is [O]=[Mn](=[O])([OH])[OH].[Sm].[SrH2]. The Labute approximate surface area is 112 Å². The molecule has 0 amide bonds. The molecule has 0 radical (unpaired) electrons. The third-order valence-electron chi connectivity index (χ3n) is 0. The van der Waals surface area contributed by atoms with E-state index in [9.17, 15) is 0 Å². The van der Waals surface area contributed by atoms with Crippen molar-refractivity contribution in [2.24, 2.45) is 0 Å². The molecule has 0 unspecified atom stereocenters. The van der Waals surface area contributed by atoms with E-state index in [2.05, 4.69) is 0 Å². The first-order valence-corrected chi connectivity index (χ1v) is 2.67. The molecule has 0 aromatic rings. The van der Waals surface area contributed by atoms with Crippen molar-refractivity contribution in [2.45, 2.75) is 0 Å². The Kier molecular flexibility index (Phi) is 16.4. The van der Waals surface area contributed by atoms with Crippen LogP contribution in [0.3, 0.4) is 0 Å². The molecule has 0 spiro atoms. The minimum atomic E-state index is -5.12. The Morgan fingerprint density at radius 1 is 1.14 bits per heavy atom. The topological polar surface area (TPSA) is 74.6 Å². The van der Waals surface area contributed by atoms with E-state index in [1.807, 2.05) is 0 Å². The van der Waals surface area contributed by atoms with Gasteiger partial charge in [0.2, 0.25) is 0 Å². The van der Waals surface area contributed by atoms with Crippen molar-refractivity contribution >= 4 is 45.5 Å². The van der Waals surface area contributed by atoms with Crippen molar-refractivity contribution in [3.8, 4) is 0 Å². The quantitative estimate of drug-likeness (QED) is 0.478. The number of hydrogen-bond donors (Lipinski definition) is 2. The van der Waals surface area contributed by atoms with Crippen molar-refractivity contribution < 1.29 is 69.8 Å². The zero-order chi connectivity index (χ0) is 4.50. The van der Waals surface area contributed by atoms with Crippen LogP contribution in [0.15, 0.2) is 0 Å². The van der Waals surface area contributed by atoms with Crippen LogP contribution in [0.2, 0.25) is 0 Å². The molecular weight excluding hydrogens is 357 g/mol. The summed E-state index contributed by atoms with van der Waals surface area (Å²) in [7, 11) is 0. The average molecular weight is 361 g/mol. The maximum atomic E-state index is 8.80. The predicted molar refractivity (Wildman–Crippen MR) is 14.4 cm³/mol. The standard InChI is InChI=1S/Mn.2H2O.2O.Sm.Sr.2H/h;2*1H2;;;;;;/q+2;;;;;;;;/p-2. The van der Waals surface area contributed by atoms with Gasteiger partial charge in [-0.1, -0.05) is 0 Å². The Morgan fingerprint density at radius 3 is 1.14 bits per heavy atom. The Bertz CT molecular complexity index is 94.9. The average Bonchev–Trinajstić information content (AvgIpc) is 0.722. The fraction of sp³-hybridized carbons (Fsp3) is 0. The maximum absolute atomic E-state index is 8.80. The molecule has 0 saturated heterocycles. The molecule has 0 bridgehead atoms. The van der Waals surface area contributed by atoms with E-state index in [-0.39, 0.29) is 85.9 Å². The van der Waals surface area contributed by atoms with Gasteiger partial charge in [0.25, 0.3) is 0 Å². The van der Waals surface area contributed by atoms with E-state index in [0.29, 0.717) is 0 Å². The molecule has 0 aromatic heterocycles. The molecule has 2 N–H and O–H groups in total. The summed E-state index contributed by atoms with van der Waals surface area (Å²) in [4.78, 5) is 0. The van der Waals surface area contributed by atoms with Gasteiger partial charge in [0.15, 0.2) is 0 Å². The minimum absolute atomic E-state index is 0. The third kappa shape index (κ3) is 51.0. The molecule has 4 nitrogen and oxygen atoms in total. The normalized spacial score (nSPS) is 8.29. The fourth-order valence-electron chi connectivity index (χ4n) is 0. The van der Waals surface area contributed by atoms with Crippen LogP contribution < -0.4 is 0 Å². The van der Waals surface area contributed by atoms with Gasteiger partial charge in [-0.3, -0.25) is 0 Å². The van der Waals surface area contributed by atoms with E-state index in [1.54, 1.807) is 0 Å². The van der Waals surface area contributed by atoms with Crippen LogP contribution in [-0.4, -0.2) is 53.9 Å². The summed E-state index contributed by atoms with van der Waals surface area (Å²) in [5.74, 6) is 0. The van der Waals surface area contributed by atoms with E-state index in [1.165, 1.54) is 0 Å². The Balaban J connectivity index is -0.0000000800. The van der Waals surface area contributed by atoms with Gasteiger partial charge >= 0.3 is 74.9 Å². The second kappa shape index (κ2) is 6.97. The van der Waals surface area contributed by atoms with Crippen LogP contribution in [0.25, 0.3) is 0 Å². The van der Waals surface area contributed by atoms with Crippen molar-refractivity contribution in [2.75, 3.05) is 0 Å². The summed E-state index contributed by atoms with van der Waals surface area (Å²) in [5, 5.41) is 0. The monoisotopic (exact) mass is 363 g/mol. The zero-order valence-corrected chi connectivity index (χ0v) is 6.30. The van der Waals surface area contributed by atoms with Gasteiger partial charge in [-0.15, -0.1) is 0 Å². The Hall–Kier alpha value is 2.86. The number of hydrogen-bond acceptors (Lipinski definition) is 2. The summed E-state index contributed by atoms with van der Waals surface area (Å²) in [6.07, 6.45) is 0. The van der Waals surface area contributed by atoms with Gasteiger partial charge in [-0.05, 0) is 0 Å². The van der Waals surface area contributed by atoms with Crippen LogP contribution in [0.4, 0.5) is 0 Å². The molecule has 0 aliphatic heterocycles. The summed E-state index contributed by atoms with van der Waals surface area (Å²) >= 11 is -5.12. The van der Waals surface area contributed by atoms with E-state index in [4.69, 9.17) is 16.0 Å². The molecule has 0 aliphatic rings. The van der Waals surface area contributed by atoms with Gasteiger partial charge < -0.3 is 0 Å². The number of rotatable bonds is 0. The fourth-order valence-corrected chi connectivity index (χ4v) is 0. The van der Waals surface area contributed by atoms with Gasteiger partial charge in [-0.2, -0.15) is 0 Å². The van der Waals surface area contributed by atoms with Gasteiger partial charge in [0.1, 0.15) is 0 Å².